The normalized spacial score (nSPS) is 11.3. The van der Waals surface area contributed by atoms with Gasteiger partial charge in [-0.3, -0.25) is 20.0 Å². The molecule has 112 valence electrons. The topological polar surface area (TPSA) is 106 Å². The van der Waals surface area contributed by atoms with Crippen LogP contribution in [0.5, 0.6) is 0 Å². The van der Waals surface area contributed by atoms with Gasteiger partial charge in [0.15, 0.2) is 0 Å². The third-order valence-corrected chi connectivity index (χ3v) is 2.96. The molecule has 2 rings (SSSR count). The summed E-state index contributed by atoms with van der Waals surface area (Å²) in [5, 5.41) is 21.0. The van der Waals surface area contributed by atoms with Crippen molar-refractivity contribution >= 4 is 30.2 Å². The van der Waals surface area contributed by atoms with Gasteiger partial charge in [-0.15, -0.1) is 0 Å². The number of nitrogens with zero attached hydrogens (tertiary/aromatic N) is 4. The predicted molar refractivity (Wildman–Crippen MR) is 84.4 cm³/mol. The molecule has 0 radical (unpaired) electrons. The zero-order valence-corrected chi connectivity index (χ0v) is 12.3. The van der Waals surface area contributed by atoms with Crippen LogP contribution in [-0.2, 0) is 0 Å². The fourth-order valence-corrected chi connectivity index (χ4v) is 1.80. The summed E-state index contributed by atoms with van der Waals surface area (Å²) in [4.78, 5) is 22.2. The van der Waals surface area contributed by atoms with Crippen molar-refractivity contribution in [1.82, 2.24) is 14.9 Å². The molecule has 2 aromatic rings. The third-order valence-electron chi connectivity index (χ3n) is 2.69. The highest BCUT2D eigenvalue weighted by molar-refractivity contribution is 7.71. The molecule has 22 heavy (non-hydrogen) atoms. The number of allylic oxidation sites excluding steroid dienone is 1. The van der Waals surface area contributed by atoms with Crippen LogP contribution in [0.1, 0.15) is 11.3 Å². The molecule has 0 fully saturated rings. The summed E-state index contributed by atoms with van der Waals surface area (Å²) in [6.07, 6.45) is 4.33. The number of aromatic amines is 1. The number of benzene rings is 1. The Balaban J connectivity index is 2.28. The van der Waals surface area contributed by atoms with E-state index in [2.05, 4.69) is 15.3 Å². The van der Waals surface area contributed by atoms with Gasteiger partial charge in [0.25, 0.3) is 11.2 Å². The summed E-state index contributed by atoms with van der Waals surface area (Å²) in [5.41, 5.74) is 0.219. The number of hydrogen-bond donors (Lipinski definition) is 1. The Labute approximate surface area is 129 Å². The van der Waals surface area contributed by atoms with E-state index < -0.39 is 10.5 Å². The molecule has 0 bridgehead atoms. The van der Waals surface area contributed by atoms with E-state index in [1.165, 1.54) is 31.4 Å². The highest BCUT2D eigenvalue weighted by atomic mass is 32.1. The number of nitro benzene ring substituents is 1. The van der Waals surface area contributed by atoms with Crippen molar-refractivity contribution in [2.45, 2.75) is 6.92 Å². The SMILES string of the molecule is Cc1n[nH]c(=S)n(/N=C/C=C/c2ccccc2[N+](=O)[O-])c1=O. The number of H-pyrrole nitrogens is 1. The molecule has 1 N–H and O–H groups in total. The van der Waals surface area contributed by atoms with Crippen molar-refractivity contribution in [2.24, 2.45) is 5.10 Å². The van der Waals surface area contributed by atoms with Gasteiger partial charge in [-0.25, -0.2) is 0 Å². The van der Waals surface area contributed by atoms with Crippen LogP contribution in [-0.4, -0.2) is 26.0 Å². The van der Waals surface area contributed by atoms with Gasteiger partial charge in [-0.2, -0.15) is 14.9 Å². The van der Waals surface area contributed by atoms with Gasteiger partial charge in [0.05, 0.1) is 10.5 Å². The lowest BCUT2D eigenvalue weighted by molar-refractivity contribution is -0.385. The fraction of sp³-hybridized carbons (Fsp3) is 0.0769. The van der Waals surface area contributed by atoms with Gasteiger partial charge >= 0.3 is 0 Å². The Morgan fingerprint density at radius 3 is 2.91 bits per heavy atom. The second-order valence-corrected chi connectivity index (χ2v) is 4.56. The summed E-state index contributed by atoms with van der Waals surface area (Å²) in [6.45, 7) is 1.53. The number of rotatable bonds is 4. The number of nitro groups is 1. The van der Waals surface area contributed by atoms with E-state index >= 15 is 0 Å². The summed E-state index contributed by atoms with van der Waals surface area (Å²) in [6, 6.07) is 6.29. The van der Waals surface area contributed by atoms with E-state index in [1.807, 2.05) is 0 Å². The van der Waals surface area contributed by atoms with Crippen LogP contribution in [0.3, 0.4) is 0 Å². The van der Waals surface area contributed by atoms with E-state index in [0.29, 0.717) is 5.56 Å². The molecule has 1 aromatic carbocycles. The molecule has 0 unspecified atom stereocenters. The van der Waals surface area contributed by atoms with Crippen molar-refractivity contribution in [3.8, 4) is 0 Å². The van der Waals surface area contributed by atoms with Crippen LogP contribution >= 0.6 is 12.2 Å². The minimum atomic E-state index is -0.468. The van der Waals surface area contributed by atoms with Crippen molar-refractivity contribution < 1.29 is 4.92 Å². The Morgan fingerprint density at radius 1 is 1.45 bits per heavy atom. The van der Waals surface area contributed by atoms with Gasteiger partial charge in [0.2, 0.25) is 4.77 Å². The lowest BCUT2D eigenvalue weighted by Gasteiger charge is -1.97. The monoisotopic (exact) mass is 317 g/mol. The maximum absolute atomic E-state index is 11.8. The first-order valence-electron chi connectivity index (χ1n) is 6.13. The molecule has 0 aliphatic rings. The minimum absolute atomic E-state index is 0.0126. The number of hydrogen-bond acceptors (Lipinski definition) is 6. The van der Waals surface area contributed by atoms with Crippen LogP contribution in [0, 0.1) is 21.8 Å². The zero-order valence-electron chi connectivity index (χ0n) is 11.5. The van der Waals surface area contributed by atoms with Crippen LogP contribution in [0.25, 0.3) is 6.08 Å². The molecule has 0 saturated heterocycles. The van der Waals surface area contributed by atoms with Crippen molar-refractivity contribution in [2.75, 3.05) is 0 Å². The molecule has 0 saturated carbocycles. The molecule has 9 heteroatoms. The first-order chi connectivity index (χ1) is 10.5. The van der Waals surface area contributed by atoms with E-state index in [1.54, 1.807) is 18.2 Å². The smallest absolute Gasteiger partial charge is 0.265 e. The van der Waals surface area contributed by atoms with Crippen LogP contribution < -0.4 is 5.56 Å². The average molecular weight is 317 g/mol. The van der Waals surface area contributed by atoms with E-state index in [4.69, 9.17) is 12.2 Å². The third kappa shape index (κ3) is 3.38. The lowest BCUT2D eigenvalue weighted by Crippen LogP contribution is -2.22. The average Bonchev–Trinajstić information content (AvgIpc) is 2.50. The zero-order chi connectivity index (χ0) is 16.1. The molecule has 8 nitrogen and oxygen atoms in total. The molecule has 0 amide bonds. The second kappa shape index (κ2) is 6.68. The molecular weight excluding hydrogens is 306 g/mol. The van der Waals surface area contributed by atoms with E-state index in [0.717, 1.165) is 4.68 Å². The van der Waals surface area contributed by atoms with Gasteiger partial charge in [0.1, 0.15) is 5.69 Å². The van der Waals surface area contributed by atoms with Gasteiger partial charge in [0, 0.05) is 12.3 Å². The Bertz CT molecular complexity index is 882. The number of nitrogens with one attached hydrogen (secondary N) is 1. The van der Waals surface area contributed by atoms with Crippen molar-refractivity contribution in [3.63, 3.8) is 0 Å². The summed E-state index contributed by atoms with van der Waals surface area (Å²) in [7, 11) is 0. The molecular formula is C13H11N5O3S. The van der Waals surface area contributed by atoms with Gasteiger partial charge < -0.3 is 0 Å². The van der Waals surface area contributed by atoms with Crippen molar-refractivity contribution in [1.29, 1.82) is 0 Å². The highest BCUT2D eigenvalue weighted by Gasteiger charge is 2.08. The van der Waals surface area contributed by atoms with Crippen LogP contribution in [0.15, 0.2) is 40.2 Å². The van der Waals surface area contributed by atoms with E-state index in [-0.39, 0.29) is 16.2 Å². The Hall–Kier alpha value is -2.94. The summed E-state index contributed by atoms with van der Waals surface area (Å²) in [5.74, 6) is 0. The number of aromatic nitrogens is 3. The largest absolute Gasteiger partial charge is 0.296 e. The van der Waals surface area contributed by atoms with Crippen LogP contribution in [0.4, 0.5) is 5.69 Å². The first-order valence-corrected chi connectivity index (χ1v) is 6.54. The predicted octanol–water partition coefficient (Wildman–Crippen LogP) is 2.06. The Kier molecular flexibility index (Phi) is 4.69. The van der Waals surface area contributed by atoms with Gasteiger partial charge in [-0.05, 0) is 37.4 Å². The fourth-order valence-electron chi connectivity index (χ4n) is 1.62. The molecule has 1 heterocycles. The maximum Gasteiger partial charge on any atom is 0.296 e. The number of aryl methyl sites for hydroxylation is 1. The Morgan fingerprint density at radius 2 is 2.18 bits per heavy atom. The second-order valence-electron chi connectivity index (χ2n) is 4.17. The highest BCUT2D eigenvalue weighted by Crippen LogP contribution is 2.18. The number of para-hydroxylation sites is 1. The molecule has 0 atom stereocenters. The summed E-state index contributed by atoms with van der Waals surface area (Å²) < 4.78 is 1.05. The molecule has 0 aliphatic carbocycles. The standard InChI is InChI=1S/C13H11N5O3S/c1-9-12(19)17(13(22)16-15-9)14-8-4-6-10-5-2-3-7-11(10)18(20)21/h2-8H,1H3,(H,16,22)/b6-4+,14-8+. The lowest BCUT2D eigenvalue weighted by atomic mass is 10.2. The molecule has 1 aromatic heterocycles. The summed E-state index contributed by atoms with van der Waals surface area (Å²) >= 11 is 4.91. The van der Waals surface area contributed by atoms with Crippen molar-refractivity contribution in [3.05, 3.63) is 66.8 Å². The maximum atomic E-state index is 11.8. The molecule has 0 spiro atoms. The first kappa shape index (κ1) is 15.4. The van der Waals surface area contributed by atoms with Gasteiger partial charge in [-0.1, -0.05) is 12.1 Å². The molecule has 0 aliphatic heterocycles. The minimum Gasteiger partial charge on any atom is -0.265 e. The quantitative estimate of drug-likeness (QED) is 0.402. The van der Waals surface area contributed by atoms with E-state index in [9.17, 15) is 14.9 Å². The van der Waals surface area contributed by atoms with Crippen LogP contribution in [0.2, 0.25) is 0 Å².